The van der Waals surface area contributed by atoms with Crippen molar-refractivity contribution in [2.45, 2.75) is 20.3 Å². The summed E-state index contributed by atoms with van der Waals surface area (Å²) in [4.78, 5) is 28.4. The van der Waals surface area contributed by atoms with E-state index in [4.69, 9.17) is 4.52 Å². The number of fused-ring (bicyclic) bond motifs is 2. The quantitative estimate of drug-likeness (QED) is 0.905. The van der Waals surface area contributed by atoms with Gasteiger partial charge in [-0.25, -0.2) is 4.99 Å². The van der Waals surface area contributed by atoms with Crippen LogP contribution in [0.3, 0.4) is 0 Å². The summed E-state index contributed by atoms with van der Waals surface area (Å²) in [5, 5.41) is 7.64. The van der Waals surface area contributed by atoms with Gasteiger partial charge < -0.3 is 9.84 Å². The van der Waals surface area contributed by atoms with Crippen LogP contribution < -0.4 is 5.32 Å². The topological polar surface area (TPSA) is 84.6 Å². The molecule has 2 aliphatic rings. The van der Waals surface area contributed by atoms with Gasteiger partial charge in [0, 0.05) is 22.6 Å². The number of carbonyl (C=O) groups excluding carboxylic acids is 2. The van der Waals surface area contributed by atoms with Gasteiger partial charge in [0.05, 0.1) is 12.1 Å². The fourth-order valence-corrected chi connectivity index (χ4v) is 3.19. The van der Waals surface area contributed by atoms with E-state index in [9.17, 15) is 9.59 Å². The normalized spacial score (nSPS) is 21.0. The fourth-order valence-electron chi connectivity index (χ4n) is 3.19. The van der Waals surface area contributed by atoms with Crippen molar-refractivity contribution < 1.29 is 14.1 Å². The van der Waals surface area contributed by atoms with Gasteiger partial charge in [0.25, 0.3) is 11.8 Å². The molecule has 6 nitrogen and oxygen atoms in total. The third-order valence-corrected chi connectivity index (χ3v) is 4.78. The van der Waals surface area contributed by atoms with E-state index in [2.05, 4.69) is 15.5 Å². The van der Waals surface area contributed by atoms with E-state index < -0.39 is 0 Å². The monoisotopic (exact) mass is 347 g/mol. The second kappa shape index (κ2) is 6.22. The van der Waals surface area contributed by atoms with Crippen LogP contribution in [0.5, 0.6) is 0 Å². The molecular formula is C20H17N3O3. The lowest BCUT2D eigenvalue weighted by atomic mass is 9.85. The maximum atomic E-state index is 12.3. The van der Waals surface area contributed by atoms with Gasteiger partial charge in [-0.05, 0) is 38.1 Å². The van der Waals surface area contributed by atoms with Crippen LogP contribution in [0.1, 0.15) is 19.5 Å². The first-order valence-corrected chi connectivity index (χ1v) is 8.36. The largest absolute Gasteiger partial charge is 0.356 e. The number of aliphatic imine (C=N–C) groups is 1. The van der Waals surface area contributed by atoms with Crippen molar-refractivity contribution in [3.8, 4) is 0 Å². The van der Waals surface area contributed by atoms with Gasteiger partial charge in [-0.2, -0.15) is 0 Å². The molecule has 1 atom stereocenters. The smallest absolute Gasteiger partial charge is 0.252 e. The molecule has 2 heterocycles. The Labute approximate surface area is 150 Å². The van der Waals surface area contributed by atoms with Crippen molar-refractivity contribution >= 4 is 28.5 Å². The van der Waals surface area contributed by atoms with Crippen molar-refractivity contribution in [1.29, 1.82) is 0 Å². The first-order valence-electron chi connectivity index (χ1n) is 8.36. The van der Waals surface area contributed by atoms with Crippen LogP contribution in [0, 0.1) is 5.92 Å². The Kier molecular flexibility index (Phi) is 3.88. The predicted molar refractivity (Wildman–Crippen MR) is 97.4 cm³/mol. The molecule has 0 bridgehead atoms. The van der Waals surface area contributed by atoms with Crippen LogP contribution >= 0.6 is 0 Å². The van der Waals surface area contributed by atoms with E-state index in [1.165, 1.54) is 0 Å². The molecule has 2 aromatic rings. The summed E-state index contributed by atoms with van der Waals surface area (Å²) in [5.41, 5.74) is 4.22. The van der Waals surface area contributed by atoms with Crippen molar-refractivity contribution in [2.75, 3.05) is 0 Å². The molecular weight excluding hydrogens is 330 g/mol. The van der Waals surface area contributed by atoms with Gasteiger partial charge in [-0.3, -0.25) is 9.59 Å². The Morgan fingerprint density at radius 2 is 2.12 bits per heavy atom. The lowest BCUT2D eigenvalue weighted by molar-refractivity contribution is -0.118. The predicted octanol–water partition coefficient (Wildman–Crippen LogP) is 2.87. The standard InChI is InChI=1S/C20H17N3O3/c1-11-12(2)20(25)22-16-9-13(7-8-14(11)16)21-19(24)10-17-15-5-3-4-6-18(15)26-23-17/h3-9,14H,10H2,1-2H3,(H,22,25). The molecule has 1 aliphatic heterocycles. The first-order chi connectivity index (χ1) is 12.5. The van der Waals surface area contributed by atoms with Gasteiger partial charge in [0.15, 0.2) is 5.58 Å². The summed E-state index contributed by atoms with van der Waals surface area (Å²) in [5.74, 6) is -0.397. The molecule has 0 radical (unpaired) electrons. The first kappa shape index (κ1) is 16.2. The lowest BCUT2D eigenvalue weighted by Crippen LogP contribution is -2.35. The third kappa shape index (κ3) is 2.79. The van der Waals surface area contributed by atoms with Gasteiger partial charge in [0.1, 0.15) is 5.69 Å². The molecule has 2 amide bonds. The molecule has 1 aromatic carbocycles. The number of rotatable bonds is 2. The van der Waals surface area contributed by atoms with Crippen LogP contribution in [0.25, 0.3) is 11.0 Å². The highest BCUT2D eigenvalue weighted by Crippen LogP contribution is 2.29. The number of para-hydroxylation sites is 1. The lowest BCUT2D eigenvalue weighted by Gasteiger charge is -2.28. The van der Waals surface area contributed by atoms with E-state index in [1.54, 1.807) is 18.2 Å². The summed E-state index contributed by atoms with van der Waals surface area (Å²) in [6.07, 6.45) is 5.56. The summed E-state index contributed by atoms with van der Waals surface area (Å²) < 4.78 is 5.22. The molecule has 1 N–H and O–H groups in total. The van der Waals surface area contributed by atoms with E-state index >= 15 is 0 Å². The molecule has 0 saturated carbocycles. The Hall–Kier alpha value is -3.28. The molecule has 0 fully saturated rings. The Balaban J connectivity index is 1.56. The van der Waals surface area contributed by atoms with Crippen molar-refractivity contribution in [2.24, 2.45) is 10.9 Å². The molecule has 1 unspecified atom stereocenters. The number of aromatic nitrogens is 1. The van der Waals surface area contributed by atoms with Crippen LogP contribution in [-0.2, 0) is 16.0 Å². The van der Waals surface area contributed by atoms with Crippen LogP contribution in [0.2, 0.25) is 0 Å². The minimum atomic E-state index is -0.315. The number of benzene rings is 1. The summed E-state index contributed by atoms with van der Waals surface area (Å²) >= 11 is 0. The second-order valence-electron chi connectivity index (χ2n) is 6.43. The Bertz CT molecular complexity index is 1050. The number of hydrogen-bond donors (Lipinski definition) is 1. The Morgan fingerprint density at radius 1 is 1.31 bits per heavy atom. The van der Waals surface area contributed by atoms with Crippen LogP contribution in [0.4, 0.5) is 0 Å². The molecule has 0 saturated heterocycles. The zero-order valence-corrected chi connectivity index (χ0v) is 14.4. The molecule has 1 aliphatic carbocycles. The number of allylic oxidation sites excluding steroid dienone is 3. The number of carbonyl (C=O) groups is 2. The highest BCUT2D eigenvalue weighted by Gasteiger charge is 2.27. The maximum Gasteiger partial charge on any atom is 0.252 e. The molecule has 4 rings (SSSR count). The average molecular weight is 347 g/mol. The van der Waals surface area contributed by atoms with E-state index in [-0.39, 0.29) is 24.2 Å². The number of amides is 2. The average Bonchev–Trinajstić information content (AvgIpc) is 3.02. The van der Waals surface area contributed by atoms with Gasteiger partial charge in [-0.15, -0.1) is 0 Å². The zero-order chi connectivity index (χ0) is 18.3. The van der Waals surface area contributed by atoms with Crippen LogP contribution in [0.15, 0.2) is 68.9 Å². The molecule has 0 spiro atoms. The highest BCUT2D eigenvalue weighted by molar-refractivity contribution is 6.12. The van der Waals surface area contributed by atoms with Crippen molar-refractivity contribution in [3.05, 3.63) is 65.0 Å². The molecule has 130 valence electrons. The minimum absolute atomic E-state index is 0.0289. The van der Waals surface area contributed by atoms with Gasteiger partial charge >= 0.3 is 0 Å². The summed E-state index contributed by atoms with van der Waals surface area (Å²) in [6, 6.07) is 7.40. The molecule has 1 aromatic heterocycles. The minimum Gasteiger partial charge on any atom is -0.356 e. The van der Waals surface area contributed by atoms with E-state index in [1.807, 2.05) is 38.1 Å². The molecule has 26 heavy (non-hydrogen) atoms. The number of nitrogens with zero attached hydrogens (tertiary/aromatic N) is 2. The summed E-state index contributed by atoms with van der Waals surface area (Å²) in [6.45, 7) is 3.75. The second-order valence-corrected chi connectivity index (χ2v) is 6.43. The van der Waals surface area contributed by atoms with Gasteiger partial charge in [-0.1, -0.05) is 28.9 Å². The van der Waals surface area contributed by atoms with Crippen molar-refractivity contribution in [1.82, 2.24) is 10.5 Å². The highest BCUT2D eigenvalue weighted by atomic mass is 16.5. The van der Waals surface area contributed by atoms with Gasteiger partial charge in [0.2, 0.25) is 0 Å². The SMILES string of the molecule is CC1=C(C)C2C=CC(=NC(=O)Cc3noc4ccccc34)C=C2NC1=O. The molecule has 6 heteroatoms. The van der Waals surface area contributed by atoms with E-state index in [0.29, 0.717) is 17.0 Å². The fraction of sp³-hybridized carbons (Fsp3) is 0.200. The third-order valence-electron chi connectivity index (χ3n) is 4.78. The zero-order valence-electron chi connectivity index (χ0n) is 14.4. The van der Waals surface area contributed by atoms with Crippen molar-refractivity contribution in [3.63, 3.8) is 0 Å². The van der Waals surface area contributed by atoms with Crippen LogP contribution in [-0.4, -0.2) is 22.7 Å². The number of nitrogens with one attached hydrogen (secondary N) is 1. The Morgan fingerprint density at radius 3 is 2.96 bits per heavy atom. The maximum absolute atomic E-state index is 12.3. The number of hydrogen-bond acceptors (Lipinski definition) is 4. The van der Waals surface area contributed by atoms with E-state index in [0.717, 1.165) is 22.2 Å². The summed E-state index contributed by atoms with van der Waals surface area (Å²) in [7, 11) is 0.